The molecule has 5 aromatic rings. The normalized spacial score (nSPS) is 11.5. The van der Waals surface area contributed by atoms with Crippen molar-refractivity contribution in [3.05, 3.63) is 108 Å². The molecule has 0 bridgehead atoms. The molecule has 5 rings (SSSR count). The van der Waals surface area contributed by atoms with Crippen LogP contribution in [0.4, 0.5) is 11.5 Å². The molecular weight excluding hydrogens is 500 g/mol. The molecule has 204 valence electrons. The molecule has 0 spiro atoms. The molecule has 0 N–H and O–H groups in total. The molecule has 0 unspecified atom stereocenters. The average Bonchev–Trinajstić information content (AvgIpc) is 3.41. The van der Waals surface area contributed by atoms with E-state index < -0.39 is 0 Å². The number of aromatic nitrogens is 4. The summed E-state index contributed by atoms with van der Waals surface area (Å²) in [7, 11) is 7.33. The van der Waals surface area contributed by atoms with Gasteiger partial charge in [0.05, 0.1) is 49.5 Å². The molecule has 0 radical (unpaired) electrons. The summed E-state index contributed by atoms with van der Waals surface area (Å²) in [5.74, 6) is 2.18. The Morgan fingerprint density at radius 3 is 2.35 bits per heavy atom. The topological polar surface area (TPSA) is 68.5 Å². The number of ether oxygens (including phenoxy) is 2. The first kappa shape index (κ1) is 26.7. The van der Waals surface area contributed by atoms with Crippen LogP contribution >= 0.6 is 0 Å². The minimum Gasteiger partial charge on any atom is -0.497 e. The van der Waals surface area contributed by atoms with E-state index >= 15 is 0 Å². The number of fused-ring (bicyclic) bond motifs is 1. The maximum absolute atomic E-state index is 5.60. The zero-order valence-electron chi connectivity index (χ0n) is 23.6. The predicted octanol–water partition coefficient (Wildman–Crippen LogP) is 6.15. The fraction of sp³-hybridized carbons (Fsp3) is 0.219. The number of imidazole rings is 1. The van der Waals surface area contributed by atoms with Crippen LogP contribution in [0.15, 0.2) is 91.7 Å². The lowest BCUT2D eigenvalue weighted by molar-refractivity contribution is 0.394. The average molecular weight is 535 g/mol. The maximum atomic E-state index is 5.60. The van der Waals surface area contributed by atoms with E-state index in [1.54, 1.807) is 14.2 Å². The summed E-state index contributed by atoms with van der Waals surface area (Å²) in [4.78, 5) is 18.4. The van der Waals surface area contributed by atoms with Gasteiger partial charge in [0, 0.05) is 57.4 Å². The summed E-state index contributed by atoms with van der Waals surface area (Å²) >= 11 is 0. The number of hydrogen-bond donors (Lipinski definition) is 0. The van der Waals surface area contributed by atoms with E-state index in [4.69, 9.17) is 14.5 Å². The molecule has 8 nitrogen and oxygen atoms in total. The lowest BCUT2D eigenvalue weighted by Gasteiger charge is -2.26. The molecule has 0 aliphatic carbocycles. The number of rotatable bonds is 10. The van der Waals surface area contributed by atoms with Crippen molar-refractivity contribution in [1.82, 2.24) is 24.4 Å². The SMILES string of the molecule is COc1cc(OC)cc(N(Cc2cncn2Cc2ccccc2)c2ccc3ncc(/C(C)=C/N(C)C)cc3n2)c1. The van der Waals surface area contributed by atoms with Crippen LogP contribution in [0.5, 0.6) is 11.5 Å². The summed E-state index contributed by atoms with van der Waals surface area (Å²) < 4.78 is 13.4. The van der Waals surface area contributed by atoms with Gasteiger partial charge in [-0.2, -0.15) is 0 Å². The third-order valence-corrected chi connectivity index (χ3v) is 6.67. The van der Waals surface area contributed by atoms with E-state index in [9.17, 15) is 0 Å². The largest absolute Gasteiger partial charge is 0.497 e. The Morgan fingerprint density at radius 2 is 1.65 bits per heavy atom. The summed E-state index contributed by atoms with van der Waals surface area (Å²) in [5.41, 5.74) is 6.95. The predicted molar refractivity (Wildman–Crippen MR) is 160 cm³/mol. The van der Waals surface area contributed by atoms with Crippen molar-refractivity contribution in [2.45, 2.75) is 20.0 Å². The van der Waals surface area contributed by atoms with Gasteiger partial charge in [-0.05, 0) is 41.8 Å². The van der Waals surface area contributed by atoms with Crippen LogP contribution in [0.1, 0.15) is 23.7 Å². The Bertz CT molecular complexity index is 1610. The van der Waals surface area contributed by atoms with Crippen molar-refractivity contribution < 1.29 is 9.47 Å². The number of benzene rings is 2. The van der Waals surface area contributed by atoms with Gasteiger partial charge in [-0.25, -0.2) is 9.97 Å². The van der Waals surface area contributed by atoms with Gasteiger partial charge in [-0.15, -0.1) is 0 Å². The fourth-order valence-corrected chi connectivity index (χ4v) is 4.64. The van der Waals surface area contributed by atoms with Crippen molar-refractivity contribution in [1.29, 1.82) is 0 Å². The number of nitrogens with zero attached hydrogens (tertiary/aromatic N) is 6. The van der Waals surface area contributed by atoms with E-state index in [-0.39, 0.29) is 0 Å². The van der Waals surface area contributed by atoms with Crippen molar-refractivity contribution in [3.63, 3.8) is 0 Å². The van der Waals surface area contributed by atoms with E-state index in [2.05, 4.69) is 62.9 Å². The second kappa shape index (κ2) is 11.9. The highest BCUT2D eigenvalue weighted by Gasteiger charge is 2.18. The highest BCUT2D eigenvalue weighted by atomic mass is 16.5. The molecule has 0 aliphatic rings. The smallest absolute Gasteiger partial charge is 0.134 e. The first-order valence-corrected chi connectivity index (χ1v) is 13.1. The molecule has 0 aliphatic heterocycles. The maximum Gasteiger partial charge on any atom is 0.134 e. The van der Waals surface area contributed by atoms with Gasteiger partial charge in [0.15, 0.2) is 0 Å². The Morgan fingerprint density at radius 1 is 0.900 bits per heavy atom. The van der Waals surface area contributed by atoms with Gasteiger partial charge in [0.1, 0.15) is 17.3 Å². The van der Waals surface area contributed by atoms with E-state index in [0.717, 1.165) is 45.9 Å². The number of anilines is 2. The van der Waals surface area contributed by atoms with Gasteiger partial charge in [0.25, 0.3) is 0 Å². The van der Waals surface area contributed by atoms with Crippen molar-refractivity contribution in [2.75, 3.05) is 33.2 Å². The Balaban J connectivity index is 1.59. The quantitative estimate of drug-likeness (QED) is 0.213. The van der Waals surface area contributed by atoms with Gasteiger partial charge < -0.3 is 23.8 Å². The highest BCUT2D eigenvalue weighted by Crippen LogP contribution is 2.34. The first-order chi connectivity index (χ1) is 19.4. The second-order valence-electron chi connectivity index (χ2n) is 9.86. The van der Waals surface area contributed by atoms with Crippen LogP contribution in [-0.2, 0) is 13.1 Å². The summed E-state index contributed by atoms with van der Waals surface area (Å²) in [5, 5.41) is 0. The standard InChI is InChI=1S/C32H34N6O2/c1-23(19-36(2)3)25-13-31-30(34-17-25)11-12-32(35-31)38(26-14-28(39-4)16-29(15-26)40-5)21-27-18-33-22-37(27)20-24-9-7-6-8-10-24/h6-19,22H,20-21H2,1-5H3/b23-19+. The number of pyridine rings is 2. The molecular formula is C32H34N6O2. The fourth-order valence-electron chi connectivity index (χ4n) is 4.64. The van der Waals surface area contributed by atoms with Crippen molar-refractivity contribution >= 4 is 28.1 Å². The third-order valence-electron chi connectivity index (χ3n) is 6.67. The molecule has 3 heterocycles. The lowest BCUT2D eigenvalue weighted by Crippen LogP contribution is -2.20. The number of methoxy groups -OCH3 is 2. The molecule has 0 saturated heterocycles. The van der Waals surface area contributed by atoms with Gasteiger partial charge in [-0.3, -0.25) is 4.98 Å². The lowest BCUT2D eigenvalue weighted by atomic mass is 10.1. The molecule has 0 saturated carbocycles. The Kier molecular flexibility index (Phi) is 7.96. The zero-order valence-corrected chi connectivity index (χ0v) is 23.6. The number of hydrogen-bond acceptors (Lipinski definition) is 7. The minimum absolute atomic E-state index is 0.536. The van der Waals surface area contributed by atoms with E-state index in [1.165, 1.54) is 5.56 Å². The molecule has 0 amide bonds. The number of allylic oxidation sites excluding steroid dienone is 1. The minimum atomic E-state index is 0.536. The summed E-state index contributed by atoms with van der Waals surface area (Å²) in [6.07, 6.45) is 7.75. The molecule has 0 fully saturated rings. The van der Waals surface area contributed by atoms with Crippen LogP contribution < -0.4 is 14.4 Å². The van der Waals surface area contributed by atoms with Crippen LogP contribution in [0, 0.1) is 0 Å². The van der Waals surface area contributed by atoms with Crippen molar-refractivity contribution in [2.24, 2.45) is 0 Å². The molecule has 40 heavy (non-hydrogen) atoms. The molecule has 0 atom stereocenters. The van der Waals surface area contributed by atoms with Crippen LogP contribution in [0.2, 0.25) is 0 Å². The van der Waals surface area contributed by atoms with E-state index in [0.29, 0.717) is 18.0 Å². The third kappa shape index (κ3) is 6.07. The van der Waals surface area contributed by atoms with Crippen LogP contribution in [0.3, 0.4) is 0 Å². The van der Waals surface area contributed by atoms with Crippen molar-refractivity contribution in [3.8, 4) is 11.5 Å². The summed E-state index contributed by atoms with van der Waals surface area (Å²) in [6, 6.07) is 22.3. The molecule has 3 aromatic heterocycles. The Labute approximate surface area is 235 Å². The monoisotopic (exact) mass is 534 g/mol. The van der Waals surface area contributed by atoms with Gasteiger partial charge in [0.2, 0.25) is 0 Å². The Hall–Kier alpha value is -4.85. The molecule has 8 heteroatoms. The van der Waals surface area contributed by atoms with Crippen LogP contribution in [0.25, 0.3) is 16.6 Å². The first-order valence-electron chi connectivity index (χ1n) is 13.1. The second-order valence-corrected chi connectivity index (χ2v) is 9.86. The van der Waals surface area contributed by atoms with Gasteiger partial charge in [-0.1, -0.05) is 30.3 Å². The highest BCUT2D eigenvalue weighted by molar-refractivity contribution is 5.81. The van der Waals surface area contributed by atoms with Crippen LogP contribution in [-0.4, -0.2) is 52.7 Å². The van der Waals surface area contributed by atoms with Gasteiger partial charge >= 0.3 is 0 Å². The zero-order chi connectivity index (χ0) is 28.1. The van der Waals surface area contributed by atoms with E-state index in [1.807, 2.05) is 74.1 Å². The molecule has 2 aromatic carbocycles. The summed E-state index contributed by atoms with van der Waals surface area (Å²) in [6.45, 7) is 3.34.